The van der Waals surface area contributed by atoms with Gasteiger partial charge in [0.25, 0.3) is 5.56 Å². The first-order valence-corrected chi connectivity index (χ1v) is 10.3. The molecule has 0 bridgehead atoms. The molecule has 0 saturated carbocycles. The molecule has 1 aliphatic rings. The topological polar surface area (TPSA) is 81.4 Å². The Morgan fingerprint density at radius 1 is 1.23 bits per heavy atom. The molecule has 0 aliphatic carbocycles. The molecule has 2 aromatic heterocycles. The monoisotopic (exact) mass is 409 g/mol. The number of aryl methyl sites for hydroxylation is 3. The number of morpholine rings is 1. The second-order valence-electron chi connectivity index (χ2n) is 7.54. The van der Waals surface area contributed by atoms with Crippen LogP contribution in [-0.2, 0) is 29.5 Å². The number of para-hydroxylation sites is 1. The van der Waals surface area contributed by atoms with Gasteiger partial charge in [-0.25, -0.2) is 4.98 Å². The third-order valence-corrected chi connectivity index (χ3v) is 5.63. The maximum Gasteiger partial charge on any atom is 0.279 e. The predicted molar refractivity (Wildman–Crippen MR) is 117 cm³/mol. The number of anilines is 2. The van der Waals surface area contributed by atoms with Crippen LogP contribution in [0.25, 0.3) is 11.0 Å². The zero-order valence-corrected chi connectivity index (χ0v) is 17.6. The zero-order chi connectivity index (χ0) is 21.3. The van der Waals surface area contributed by atoms with Crippen molar-refractivity contribution < 1.29 is 9.53 Å². The Bertz CT molecular complexity index is 1140. The van der Waals surface area contributed by atoms with Gasteiger partial charge >= 0.3 is 0 Å². The molecule has 1 saturated heterocycles. The number of nitrogens with zero attached hydrogens (tertiary/aromatic N) is 4. The number of hydrogen-bond donors (Lipinski definition) is 1. The minimum atomic E-state index is -0.250. The number of nitrogens with one attached hydrogen (secondary N) is 1. The number of fused-ring (bicyclic) bond motifs is 1. The molecule has 0 spiro atoms. The van der Waals surface area contributed by atoms with E-state index >= 15 is 0 Å². The number of rotatable bonds is 5. The van der Waals surface area contributed by atoms with Crippen LogP contribution in [0.2, 0.25) is 0 Å². The lowest BCUT2D eigenvalue weighted by atomic mass is 10.1. The first-order chi connectivity index (χ1) is 14.5. The molecule has 0 radical (unpaired) electrons. The molecule has 158 valence electrons. The normalized spacial score (nSPS) is 14.3. The molecule has 8 heteroatoms. The van der Waals surface area contributed by atoms with Gasteiger partial charge in [0.1, 0.15) is 12.1 Å². The number of hydrogen-bond acceptors (Lipinski definition) is 5. The van der Waals surface area contributed by atoms with E-state index in [4.69, 9.17) is 9.72 Å². The first-order valence-electron chi connectivity index (χ1n) is 10.3. The van der Waals surface area contributed by atoms with Gasteiger partial charge in [-0.3, -0.25) is 14.2 Å². The smallest absolute Gasteiger partial charge is 0.279 e. The van der Waals surface area contributed by atoms with E-state index in [1.807, 2.05) is 60.7 Å². The summed E-state index contributed by atoms with van der Waals surface area (Å²) < 4.78 is 8.76. The molecule has 8 nitrogen and oxygen atoms in total. The average molecular weight is 409 g/mol. The first kappa shape index (κ1) is 20.2. The molecule has 1 aromatic carbocycles. The molecule has 1 fully saturated rings. The second-order valence-corrected chi connectivity index (χ2v) is 7.54. The van der Waals surface area contributed by atoms with Crippen LogP contribution in [0.15, 0.2) is 35.1 Å². The van der Waals surface area contributed by atoms with E-state index in [2.05, 4.69) is 5.32 Å². The van der Waals surface area contributed by atoms with Crippen LogP contribution in [0, 0.1) is 6.92 Å². The third-order valence-electron chi connectivity index (χ3n) is 5.63. The summed E-state index contributed by atoms with van der Waals surface area (Å²) in [7, 11) is 1.84. The molecule has 1 aliphatic heterocycles. The van der Waals surface area contributed by atoms with Crippen molar-refractivity contribution >= 4 is 28.6 Å². The summed E-state index contributed by atoms with van der Waals surface area (Å²) in [5, 5.41) is 2.96. The van der Waals surface area contributed by atoms with Crippen LogP contribution in [-0.4, -0.2) is 46.3 Å². The maximum absolute atomic E-state index is 13.4. The van der Waals surface area contributed by atoms with Crippen LogP contribution >= 0.6 is 0 Å². The molecule has 0 atom stereocenters. The summed E-state index contributed by atoms with van der Waals surface area (Å²) in [5.41, 5.74) is 3.71. The Labute approximate surface area is 175 Å². The molecule has 30 heavy (non-hydrogen) atoms. The van der Waals surface area contributed by atoms with E-state index in [0.29, 0.717) is 43.3 Å². The average Bonchev–Trinajstić information content (AvgIpc) is 3.04. The fourth-order valence-electron chi connectivity index (χ4n) is 3.87. The highest BCUT2D eigenvalue weighted by Gasteiger charge is 2.22. The number of amides is 1. The van der Waals surface area contributed by atoms with Crippen molar-refractivity contribution in [2.24, 2.45) is 7.05 Å². The number of carbonyl (C=O) groups excluding carboxylic acids is 1. The molecule has 4 rings (SSSR count). The fourth-order valence-corrected chi connectivity index (χ4v) is 3.87. The highest BCUT2D eigenvalue weighted by Crippen LogP contribution is 2.20. The van der Waals surface area contributed by atoms with Gasteiger partial charge < -0.3 is 19.5 Å². The van der Waals surface area contributed by atoms with Crippen LogP contribution < -0.4 is 15.8 Å². The summed E-state index contributed by atoms with van der Waals surface area (Å²) in [6.07, 6.45) is 0.811. The molecule has 3 heterocycles. The molecule has 0 unspecified atom stereocenters. The van der Waals surface area contributed by atoms with Crippen molar-refractivity contribution in [1.82, 2.24) is 14.1 Å². The highest BCUT2D eigenvalue weighted by molar-refractivity contribution is 5.92. The lowest BCUT2D eigenvalue weighted by molar-refractivity contribution is -0.116. The van der Waals surface area contributed by atoms with E-state index < -0.39 is 0 Å². The molecule has 1 N–H and O–H groups in total. The fraction of sp³-hybridized carbons (Fsp3) is 0.409. The Morgan fingerprint density at radius 2 is 1.97 bits per heavy atom. The Hall–Kier alpha value is -3.13. The van der Waals surface area contributed by atoms with Crippen molar-refractivity contribution in [3.05, 3.63) is 51.9 Å². The van der Waals surface area contributed by atoms with E-state index in [0.717, 1.165) is 23.4 Å². The number of ether oxygens (including phenoxy) is 1. The lowest BCUT2D eigenvalue weighted by Crippen LogP contribution is -2.42. The van der Waals surface area contributed by atoms with E-state index in [1.54, 1.807) is 0 Å². The van der Waals surface area contributed by atoms with Crippen molar-refractivity contribution in [2.45, 2.75) is 26.8 Å². The van der Waals surface area contributed by atoms with Gasteiger partial charge in [0.05, 0.1) is 18.7 Å². The van der Waals surface area contributed by atoms with Gasteiger partial charge in [-0.2, -0.15) is 0 Å². The number of aromatic nitrogens is 3. The number of carbonyl (C=O) groups is 1. The van der Waals surface area contributed by atoms with Crippen LogP contribution in [0.5, 0.6) is 0 Å². The largest absolute Gasteiger partial charge is 0.378 e. The van der Waals surface area contributed by atoms with E-state index in [-0.39, 0.29) is 18.0 Å². The summed E-state index contributed by atoms with van der Waals surface area (Å²) >= 11 is 0. The summed E-state index contributed by atoms with van der Waals surface area (Å²) in [5.74, 6) is 0.264. The van der Waals surface area contributed by atoms with Gasteiger partial charge in [0.15, 0.2) is 0 Å². The van der Waals surface area contributed by atoms with Gasteiger partial charge in [0, 0.05) is 31.5 Å². The third kappa shape index (κ3) is 3.70. The highest BCUT2D eigenvalue weighted by atomic mass is 16.5. The van der Waals surface area contributed by atoms with Gasteiger partial charge in [0.2, 0.25) is 11.9 Å². The second kappa shape index (κ2) is 8.31. The van der Waals surface area contributed by atoms with Crippen LogP contribution in [0.3, 0.4) is 0 Å². The van der Waals surface area contributed by atoms with Gasteiger partial charge in [-0.15, -0.1) is 0 Å². The Kier molecular flexibility index (Phi) is 5.59. The summed E-state index contributed by atoms with van der Waals surface area (Å²) in [6.45, 7) is 6.27. The number of benzene rings is 1. The van der Waals surface area contributed by atoms with Crippen LogP contribution in [0.1, 0.15) is 18.2 Å². The lowest BCUT2D eigenvalue weighted by Gasteiger charge is -2.29. The zero-order valence-electron chi connectivity index (χ0n) is 17.6. The maximum atomic E-state index is 13.4. The van der Waals surface area contributed by atoms with Crippen molar-refractivity contribution in [1.29, 1.82) is 0 Å². The van der Waals surface area contributed by atoms with E-state index in [1.165, 1.54) is 4.57 Å². The van der Waals surface area contributed by atoms with Crippen LogP contribution in [0.4, 0.5) is 11.6 Å². The quantitative estimate of drug-likeness (QED) is 0.698. The van der Waals surface area contributed by atoms with Gasteiger partial charge in [-0.1, -0.05) is 25.1 Å². The minimum absolute atomic E-state index is 0.100. The summed E-state index contributed by atoms with van der Waals surface area (Å²) in [6, 6.07) is 9.61. The molecular weight excluding hydrogens is 382 g/mol. The van der Waals surface area contributed by atoms with Gasteiger partial charge in [-0.05, 0) is 31.0 Å². The van der Waals surface area contributed by atoms with Crippen molar-refractivity contribution in [3.63, 3.8) is 0 Å². The van der Waals surface area contributed by atoms with Crippen molar-refractivity contribution in [3.8, 4) is 0 Å². The molecular formula is C22H27N5O3. The Morgan fingerprint density at radius 3 is 2.70 bits per heavy atom. The molecule has 1 amide bonds. The van der Waals surface area contributed by atoms with Crippen molar-refractivity contribution in [2.75, 3.05) is 36.5 Å². The minimum Gasteiger partial charge on any atom is -0.378 e. The van der Waals surface area contributed by atoms with E-state index in [9.17, 15) is 9.59 Å². The predicted octanol–water partition coefficient (Wildman–Crippen LogP) is 2.08. The Balaban J connectivity index is 1.74. The standard InChI is InChI=1S/C22H27N5O3/c1-4-16-7-5-6-8-17(16)23-19(28)14-27-21(29)20-18(13-15(2)25(20)3)24-22(27)26-9-11-30-12-10-26/h5-8,13H,4,9-12,14H2,1-3H3,(H,23,28). The summed E-state index contributed by atoms with van der Waals surface area (Å²) in [4.78, 5) is 33.1. The SMILES string of the molecule is CCc1ccccc1NC(=O)Cn1c(N2CCOCC2)nc2cc(C)n(C)c2c1=O. The molecule has 3 aromatic rings.